The number of aliphatic hydroxyl groups is 1. The Hall–Kier alpha value is -3.58. The van der Waals surface area contributed by atoms with Crippen molar-refractivity contribution in [3.63, 3.8) is 0 Å². The summed E-state index contributed by atoms with van der Waals surface area (Å²) in [5, 5.41) is 24.1. The Labute approximate surface area is 186 Å². The first-order valence-electron chi connectivity index (χ1n) is 10.9. The fourth-order valence-electron chi connectivity index (χ4n) is 4.44. The Morgan fingerprint density at radius 2 is 1.81 bits per heavy atom. The van der Waals surface area contributed by atoms with E-state index in [4.69, 9.17) is 4.74 Å². The van der Waals surface area contributed by atoms with Crippen LogP contribution in [0.1, 0.15) is 25.7 Å². The second-order valence-corrected chi connectivity index (χ2v) is 8.25. The molecule has 164 valence electrons. The number of nitrogens with one attached hydrogen (secondary N) is 2. The monoisotopic (exact) mass is 430 g/mol. The van der Waals surface area contributed by atoms with Crippen LogP contribution in [0.25, 0.3) is 33.3 Å². The molecule has 0 radical (unpaired) electrons. The van der Waals surface area contributed by atoms with E-state index in [1.165, 1.54) is 0 Å². The van der Waals surface area contributed by atoms with Gasteiger partial charge in [-0.05, 0) is 67.1 Å². The zero-order valence-electron chi connectivity index (χ0n) is 17.9. The number of hydrogen-bond donors (Lipinski definition) is 4. The molecule has 4 N–H and O–H groups in total. The molecule has 0 atom stereocenters. The molecule has 1 aliphatic carbocycles. The summed E-state index contributed by atoms with van der Waals surface area (Å²) in [6, 6.07) is 11.7. The summed E-state index contributed by atoms with van der Waals surface area (Å²) in [5.41, 5.74) is 4.70. The Morgan fingerprint density at radius 1 is 1.00 bits per heavy atom. The van der Waals surface area contributed by atoms with Crippen molar-refractivity contribution in [1.82, 2.24) is 15.0 Å². The maximum atomic E-state index is 9.97. The highest BCUT2D eigenvalue weighted by molar-refractivity contribution is 6.04. The smallest absolute Gasteiger partial charge is 0.161 e. The number of methoxy groups -OCH3 is 1. The Kier molecular flexibility index (Phi) is 5.41. The van der Waals surface area contributed by atoms with Gasteiger partial charge in [-0.3, -0.25) is 0 Å². The van der Waals surface area contributed by atoms with Crippen LogP contribution in [0.3, 0.4) is 0 Å². The molecule has 32 heavy (non-hydrogen) atoms. The Balaban J connectivity index is 1.47. The lowest BCUT2D eigenvalue weighted by Crippen LogP contribution is -2.28. The van der Waals surface area contributed by atoms with Gasteiger partial charge in [0.25, 0.3) is 0 Å². The van der Waals surface area contributed by atoms with Gasteiger partial charge in [-0.25, -0.2) is 9.97 Å². The van der Waals surface area contributed by atoms with Crippen LogP contribution in [-0.2, 0) is 0 Å². The number of hydrogen-bond acceptors (Lipinski definition) is 6. The zero-order valence-corrected chi connectivity index (χ0v) is 17.9. The molecular formula is C25H26N4O3. The molecule has 7 heteroatoms. The standard InChI is InChI=1S/C25H26N4O3/c1-32-22-12-15(2-8-21(22)31)19-10-11-26-25-24(19)20(14-28-25)16-3-9-23(27-13-16)29-17-4-6-18(30)7-5-17/h2-3,8-14,17-18,30-31H,4-7H2,1H3,(H,26,28)(H,27,29). The van der Waals surface area contributed by atoms with Crippen LogP contribution in [0, 0.1) is 0 Å². The molecule has 3 aromatic heterocycles. The second-order valence-electron chi connectivity index (χ2n) is 8.25. The van der Waals surface area contributed by atoms with Gasteiger partial charge in [-0.15, -0.1) is 0 Å². The van der Waals surface area contributed by atoms with Gasteiger partial charge in [0.1, 0.15) is 11.5 Å². The predicted molar refractivity (Wildman–Crippen MR) is 125 cm³/mol. The highest BCUT2D eigenvalue weighted by Gasteiger charge is 2.20. The number of aromatic nitrogens is 3. The van der Waals surface area contributed by atoms with Gasteiger partial charge in [0.15, 0.2) is 11.5 Å². The summed E-state index contributed by atoms with van der Waals surface area (Å²) in [6.07, 6.45) is 9.01. The second kappa shape index (κ2) is 8.51. The molecule has 0 unspecified atom stereocenters. The third-order valence-corrected chi connectivity index (χ3v) is 6.19. The van der Waals surface area contributed by atoms with Crippen LogP contribution in [0.15, 0.2) is 55.0 Å². The normalized spacial score (nSPS) is 18.6. The number of rotatable bonds is 5. The first kappa shape index (κ1) is 20.3. The topological polar surface area (TPSA) is 103 Å². The third kappa shape index (κ3) is 3.87. The van der Waals surface area contributed by atoms with E-state index in [0.29, 0.717) is 11.8 Å². The SMILES string of the molecule is COc1cc(-c2ccnc3[nH]cc(-c4ccc(NC5CCC(O)CC5)nc4)c23)ccc1O. The first-order chi connectivity index (χ1) is 15.6. The summed E-state index contributed by atoms with van der Waals surface area (Å²) in [7, 11) is 1.54. The number of benzene rings is 1. The summed E-state index contributed by atoms with van der Waals surface area (Å²) in [5.74, 6) is 1.38. The molecule has 5 rings (SSSR count). The van der Waals surface area contributed by atoms with E-state index in [1.807, 2.05) is 36.7 Å². The van der Waals surface area contributed by atoms with Crippen molar-refractivity contribution in [3.05, 3.63) is 55.0 Å². The van der Waals surface area contributed by atoms with Crippen LogP contribution in [0.4, 0.5) is 5.82 Å². The summed E-state index contributed by atoms with van der Waals surface area (Å²) in [4.78, 5) is 12.4. The Morgan fingerprint density at radius 3 is 2.56 bits per heavy atom. The lowest BCUT2D eigenvalue weighted by atomic mass is 9.93. The number of phenolic OH excluding ortho intramolecular Hbond substituents is 1. The van der Waals surface area contributed by atoms with E-state index >= 15 is 0 Å². The summed E-state index contributed by atoms with van der Waals surface area (Å²) < 4.78 is 5.29. The van der Waals surface area contributed by atoms with Gasteiger partial charge in [-0.2, -0.15) is 0 Å². The van der Waals surface area contributed by atoms with E-state index in [0.717, 1.165) is 64.8 Å². The third-order valence-electron chi connectivity index (χ3n) is 6.19. The van der Waals surface area contributed by atoms with Crippen molar-refractivity contribution in [2.24, 2.45) is 0 Å². The molecule has 0 saturated heterocycles. The zero-order chi connectivity index (χ0) is 22.1. The number of anilines is 1. The number of ether oxygens (including phenoxy) is 1. The average Bonchev–Trinajstić information content (AvgIpc) is 3.26. The number of pyridine rings is 2. The quantitative estimate of drug-likeness (QED) is 0.365. The van der Waals surface area contributed by atoms with Gasteiger partial charge < -0.3 is 25.3 Å². The lowest BCUT2D eigenvalue weighted by molar-refractivity contribution is 0.126. The van der Waals surface area contributed by atoms with Gasteiger partial charge in [0, 0.05) is 41.1 Å². The fraction of sp³-hybridized carbons (Fsp3) is 0.280. The minimum absolute atomic E-state index is 0.107. The average molecular weight is 431 g/mol. The van der Waals surface area contributed by atoms with Crippen LogP contribution >= 0.6 is 0 Å². The number of H-pyrrole nitrogens is 1. The highest BCUT2D eigenvalue weighted by Crippen LogP contribution is 2.38. The highest BCUT2D eigenvalue weighted by atomic mass is 16.5. The molecule has 1 saturated carbocycles. The predicted octanol–water partition coefficient (Wildman–Crippen LogP) is 4.72. The van der Waals surface area contributed by atoms with Crippen molar-refractivity contribution in [2.45, 2.75) is 37.8 Å². The largest absolute Gasteiger partial charge is 0.504 e. The maximum Gasteiger partial charge on any atom is 0.161 e. The van der Waals surface area contributed by atoms with Gasteiger partial charge >= 0.3 is 0 Å². The number of phenols is 1. The number of aliphatic hydroxyl groups excluding tert-OH is 1. The number of aromatic hydroxyl groups is 1. The minimum atomic E-state index is -0.165. The van der Waals surface area contributed by atoms with Gasteiger partial charge in [0.05, 0.1) is 13.2 Å². The van der Waals surface area contributed by atoms with E-state index in [9.17, 15) is 10.2 Å². The molecule has 1 fully saturated rings. The van der Waals surface area contributed by atoms with Crippen molar-refractivity contribution in [2.75, 3.05) is 12.4 Å². The van der Waals surface area contributed by atoms with E-state index in [1.54, 1.807) is 19.4 Å². The van der Waals surface area contributed by atoms with E-state index < -0.39 is 0 Å². The number of fused-ring (bicyclic) bond motifs is 1. The van der Waals surface area contributed by atoms with Gasteiger partial charge in [0.2, 0.25) is 0 Å². The van der Waals surface area contributed by atoms with Crippen molar-refractivity contribution < 1.29 is 14.9 Å². The lowest BCUT2D eigenvalue weighted by Gasteiger charge is -2.26. The van der Waals surface area contributed by atoms with Crippen LogP contribution < -0.4 is 10.1 Å². The molecule has 0 amide bonds. The summed E-state index contributed by atoms with van der Waals surface area (Å²) >= 11 is 0. The minimum Gasteiger partial charge on any atom is -0.504 e. The van der Waals surface area contributed by atoms with Gasteiger partial charge in [-0.1, -0.05) is 6.07 Å². The molecule has 0 bridgehead atoms. The fourth-order valence-corrected chi connectivity index (χ4v) is 4.44. The summed E-state index contributed by atoms with van der Waals surface area (Å²) in [6.45, 7) is 0. The van der Waals surface area contributed by atoms with Crippen LogP contribution in [-0.4, -0.2) is 44.4 Å². The van der Waals surface area contributed by atoms with Crippen molar-refractivity contribution in [3.8, 4) is 33.8 Å². The van der Waals surface area contributed by atoms with E-state index in [2.05, 4.69) is 26.3 Å². The maximum absolute atomic E-state index is 9.97. The van der Waals surface area contributed by atoms with Crippen molar-refractivity contribution >= 4 is 16.9 Å². The molecule has 1 aliphatic rings. The molecule has 0 aliphatic heterocycles. The number of aromatic amines is 1. The molecule has 3 heterocycles. The number of nitrogens with zero attached hydrogens (tertiary/aromatic N) is 2. The Bertz CT molecular complexity index is 1230. The van der Waals surface area contributed by atoms with Crippen LogP contribution in [0.2, 0.25) is 0 Å². The molecular weight excluding hydrogens is 404 g/mol. The molecule has 4 aromatic rings. The van der Waals surface area contributed by atoms with Crippen molar-refractivity contribution in [1.29, 1.82) is 0 Å². The molecule has 1 aromatic carbocycles. The van der Waals surface area contributed by atoms with Crippen LogP contribution in [0.5, 0.6) is 11.5 Å². The molecule has 0 spiro atoms. The first-order valence-corrected chi connectivity index (χ1v) is 10.9. The molecule has 7 nitrogen and oxygen atoms in total. The van der Waals surface area contributed by atoms with E-state index in [-0.39, 0.29) is 11.9 Å².